The Bertz CT molecular complexity index is 140. The molecule has 0 unspecified atom stereocenters. The fourth-order valence-corrected chi connectivity index (χ4v) is 0.473. The number of aliphatic imine (C=N–C) groups is 1. The molecule has 0 atom stereocenters. The van der Waals surface area contributed by atoms with Gasteiger partial charge in [0.1, 0.15) is 6.67 Å². The van der Waals surface area contributed by atoms with Crippen molar-refractivity contribution in [2.24, 2.45) is 10.8 Å². The van der Waals surface area contributed by atoms with Crippen molar-refractivity contribution in [1.29, 1.82) is 0 Å². The van der Waals surface area contributed by atoms with Crippen molar-refractivity contribution >= 4 is 6.21 Å². The van der Waals surface area contributed by atoms with Crippen LogP contribution in [0, 0.1) is 0 Å². The summed E-state index contributed by atoms with van der Waals surface area (Å²) in [7, 11) is 0. The van der Waals surface area contributed by atoms with Gasteiger partial charge >= 0.3 is 0 Å². The van der Waals surface area contributed by atoms with E-state index in [0.717, 1.165) is 0 Å². The summed E-state index contributed by atoms with van der Waals surface area (Å²) in [5.41, 5.74) is 0. The summed E-state index contributed by atoms with van der Waals surface area (Å²) in [6.07, 6.45) is 2.77. The summed E-state index contributed by atoms with van der Waals surface area (Å²) in [6, 6.07) is 0. The summed E-state index contributed by atoms with van der Waals surface area (Å²) in [5.74, 6) is 5.30. The third-order valence-electron chi connectivity index (χ3n) is 0.767. The molecule has 0 saturated carbocycles. The lowest BCUT2D eigenvalue weighted by atomic mass is 10.5. The lowest BCUT2D eigenvalue weighted by Gasteiger charge is -2.12. The first kappa shape index (κ1) is 5.11. The fraction of sp³-hybridized carbons (Fsp3) is 0.250. The van der Waals surface area contributed by atoms with Crippen molar-refractivity contribution in [3.8, 4) is 0 Å². The van der Waals surface area contributed by atoms with Gasteiger partial charge < -0.3 is 5.11 Å². The Morgan fingerprint density at radius 2 is 2.62 bits per heavy atom. The van der Waals surface area contributed by atoms with Gasteiger partial charge in [-0.1, -0.05) is 0 Å². The van der Waals surface area contributed by atoms with Crippen LogP contribution in [0.15, 0.2) is 17.0 Å². The smallest absolute Gasteiger partial charge is 0.150 e. The molecule has 4 heteroatoms. The number of hydrazine groups is 1. The Kier molecular flexibility index (Phi) is 1.17. The maximum atomic E-state index is 8.67. The maximum Gasteiger partial charge on any atom is 0.150 e. The first-order chi connectivity index (χ1) is 3.79. The van der Waals surface area contributed by atoms with Gasteiger partial charge in [0.15, 0.2) is 5.76 Å². The highest BCUT2D eigenvalue weighted by molar-refractivity contribution is 5.75. The van der Waals surface area contributed by atoms with Gasteiger partial charge in [-0.15, -0.1) is 0 Å². The van der Waals surface area contributed by atoms with Crippen LogP contribution in [-0.2, 0) is 0 Å². The zero-order valence-electron chi connectivity index (χ0n) is 4.28. The van der Waals surface area contributed by atoms with Crippen molar-refractivity contribution < 1.29 is 5.11 Å². The largest absolute Gasteiger partial charge is 0.505 e. The van der Waals surface area contributed by atoms with Crippen molar-refractivity contribution in [1.82, 2.24) is 5.01 Å². The van der Waals surface area contributed by atoms with Gasteiger partial charge in [-0.05, 0) is 0 Å². The molecule has 1 rings (SSSR count). The predicted molar refractivity (Wildman–Crippen MR) is 30.1 cm³/mol. The number of aliphatic hydroxyl groups excluding tert-OH is 1. The monoisotopic (exact) mass is 113 g/mol. The molecule has 0 aliphatic carbocycles. The third-order valence-corrected chi connectivity index (χ3v) is 0.767. The predicted octanol–water partition coefficient (Wildman–Crippen LogP) is -0.397. The highest BCUT2D eigenvalue weighted by Crippen LogP contribution is 1.92. The molecule has 0 radical (unpaired) electrons. The number of nitrogens with zero attached hydrogens (tertiary/aromatic N) is 2. The zero-order valence-corrected chi connectivity index (χ0v) is 4.28. The fourth-order valence-electron chi connectivity index (χ4n) is 0.473. The Labute approximate surface area is 46.9 Å². The molecule has 8 heavy (non-hydrogen) atoms. The average molecular weight is 113 g/mol. The van der Waals surface area contributed by atoms with E-state index < -0.39 is 0 Å². The Morgan fingerprint density at radius 3 is 3.00 bits per heavy atom. The molecule has 0 fully saturated rings. The van der Waals surface area contributed by atoms with Crippen LogP contribution >= 0.6 is 0 Å². The molecule has 44 valence electrons. The van der Waals surface area contributed by atoms with Crippen LogP contribution < -0.4 is 5.84 Å². The van der Waals surface area contributed by atoms with E-state index in [0.29, 0.717) is 6.67 Å². The molecule has 1 aliphatic heterocycles. The van der Waals surface area contributed by atoms with Crippen molar-refractivity contribution in [3.63, 3.8) is 0 Å². The van der Waals surface area contributed by atoms with Crippen LogP contribution in [0.2, 0.25) is 0 Å². The van der Waals surface area contributed by atoms with Gasteiger partial charge in [-0.25, -0.2) is 5.84 Å². The minimum atomic E-state index is 0.0961. The SMILES string of the molecule is NN1C=C(O)C=NC1. The van der Waals surface area contributed by atoms with Crippen LogP contribution in [-0.4, -0.2) is 23.0 Å². The average Bonchev–Trinajstić information content (AvgIpc) is 1.64. The Hall–Kier alpha value is -1.03. The summed E-state index contributed by atoms with van der Waals surface area (Å²) < 4.78 is 0. The second kappa shape index (κ2) is 1.83. The first-order valence-electron chi connectivity index (χ1n) is 2.21. The van der Waals surface area contributed by atoms with Crippen LogP contribution in [0.1, 0.15) is 0 Å². The van der Waals surface area contributed by atoms with E-state index in [1.54, 1.807) is 0 Å². The van der Waals surface area contributed by atoms with Gasteiger partial charge in [0.25, 0.3) is 0 Å². The molecule has 0 aromatic carbocycles. The lowest BCUT2D eigenvalue weighted by Crippen LogP contribution is -2.27. The molecular formula is C4H7N3O. The molecule has 0 aromatic rings. The topological polar surface area (TPSA) is 61.8 Å². The van der Waals surface area contributed by atoms with E-state index in [4.69, 9.17) is 10.9 Å². The zero-order chi connectivity index (χ0) is 5.98. The molecular weight excluding hydrogens is 106 g/mol. The number of hydrogen-bond donors (Lipinski definition) is 2. The van der Waals surface area contributed by atoms with Gasteiger partial charge in [0.05, 0.1) is 12.4 Å². The summed E-state index contributed by atoms with van der Waals surface area (Å²) in [5, 5.41) is 9.97. The second-order valence-corrected chi connectivity index (χ2v) is 1.52. The maximum absolute atomic E-state index is 8.67. The highest BCUT2D eigenvalue weighted by atomic mass is 16.3. The minimum absolute atomic E-state index is 0.0961. The molecule has 0 bridgehead atoms. The summed E-state index contributed by atoms with van der Waals surface area (Å²) in [4.78, 5) is 3.70. The van der Waals surface area contributed by atoms with Crippen molar-refractivity contribution in [3.05, 3.63) is 12.0 Å². The first-order valence-corrected chi connectivity index (χ1v) is 2.21. The van der Waals surface area contributed by atoms with Crippen LogP contribution in [0.5, 0.6) is 0 Å². The van der Waals surface area contributed by atoms with E-state index in [2.05, 4.69) is 4.99 Å². The van der Waals surface area contributed by atoms with Crippen LogP contribution in [0.3, 0.4) is 0 Å². The van der Waals surface area contributed by atoms with Crippen molar-refractivity contribution in [2.75, 3.05) is 6.67 Å². The third kappa shape index (κ3) is 0.974. The summed E-state index contributed by atoms with van der Waals surface area (Å²) >= 11 is 0. The van der Waals surface area contributed by atoms with Gasteiger partial charge in [-0.2, -0.15) is 0 Å². The Balaban J connectivity index is 2.63. The van der Waals surface area contributed by atoms with E-state index >= 15 is 0 Å². The van der Waals surface area contributed by atoms with E-state index in [1.807, 2.05) is 0 Å². The number of nitrogens with two attached hydrogens (primary N) is 1. The van der Waals surface area contributed by atoms with E-state index in [1.165, 1.54) is 17.4 Å². The molecule has 0 amide bonds. The van der Waals surface area contributed by atoms with Crippen molar-refractivity contribution in [2.45, 2.75) is 0 Å². The molecule has 4 nitrogen and oxygen atoms in total. The standard InChI is InChI=1S/C4H7N3O/c5-7-2-4(8)1-6-3-7/h1-2,8H,3,5H2. The molecule has 3 N–H and O–H groups in total. The molecule has 1 heterocycles. The highest BCUT2D eigenvalue weighted by Gasteiger charge is 1.96. The van der Waals surface area contributed by atoms with E-state index in [9.17, 15) is 0 Å². The molecule has 1 aliphatic rings. The van der Waals surface area contributed by atoms with Gasteiger partial charge in [0, 0.05) is 0 Å². The number of hydrogen-bond acceptors (Lipinski definition) is 4. The van der Waals surface area contributed by atoms with E-state index in [-0.39, 0.29) is 5.76 Å². The normalized spacial score (nSPS) is 18.6. The minimum Gasteiger partial charge on any atom is -0.505 e. The molecule has 0 aromatic heterocycles. The molecule has 0 spiro atoms. The van der Waals surface area contributed by atoms with Crippen LogP contribution in [0.25, 0.3) is 0 Å². The molecule has 0 saturated heterocycles. The van der Waals surface area contributed by atoms with Gasteiger partial charge in [0.2, 0.25) is 0 Å². The lowest BCUT2D eigenvalue weighted by molar-refractivity contribution is 0.357. The quantitative estimate of drug-likeness (QED) is 0.420. The Morgan fingerprint density at radius 1 is 1.88 bits per heavy atom. The summed E-state index contributed by atoms with van der Waals surface area (Å²) in [6.45, 7) is 0.421. The van der Waals surface area contributed by atoms with Gasteiger partial charge in [-0.3, -0.25) is 10.0 Å². The number of allylic oxidation sites excluding steroid dienone is 1. The second-order valence-electron chi connectivity index (χ2n) is 1.52. The van der Waals surface area contributed by atoms with Crippen LogP contribution in [0.4, 0.5) is 0 Å². The number of aliphatic hydroxyl groups is 1. The number of rotatable bonds is 0.